The molecule has 0 radical (unpaired) electrons. The van der Waals surface area contributed by atoms with Crippen molar-refractivity contribution in [3.05, 3.63) is 77.6 Å². The van der Waals surface area contributed by atoms with Gasteiger partial charge in [0.15, 0.2) is 0 Å². The highest BCUT2D eigenvalue weighted by molar-refractivity contribution is 6.03. The van der Waals surface area contributed by atoms with Crippen molar-refractivity contribution in [2.45, 2.75) is 13.8 Å². The number of carbonyl (C=O) groups is 1. The number of benzene rings is 2. The number of carbonyl (C=O) groups excluding carboxylic acids is 1. The number of hydrogen-bond donors (Lipinski definition) is 2. The Morgan fingerprint density at radius 1 is 0.962 bits per heavy atom. The van der Waals surface area contributed by atoms with Crippen molar-refractivity contribution in [2.75, 3.05) is 17.7 Å². The van der Waals surface area contributed by atoms with E-state index in [1.807, 2.05) is 56.3 Å². The van der Waals surface area contributed by atoms with Gasteiger partial charge in [0, 0.05) is 5.69 Å². The third-order valence-electron chi connectivity index (χ3n) is 3.86. The summed E-state index contributed by atoms with van der Waals surface area (Å²) in [7, 11) is 1.62. The Bertz CT molecular complexity index is 901. The molecule has 0 aliphatic heterocycles. The number of ether oxygens (including phenoxy) is 1. The molecule has 3 aromatic rings. The van der Waals surface area contributed by atoms with Crippen LogP contribution in [0.3, 0.4) is 0 Å². The minimum Gasteiger partial charge on any atom is -0.495 e. The number of hydrogen-bond acceptors (Lipinski definition) is 4. The second kappa shape index (κ2) is 7.70. The van der Waals surface area contributed by atoms with Gasteiger partial charge in [-0.1, -0.05) is 18.2 Å². The van der Waals surface area contributed by atoms with Gasteiger partial charge >= 0.3 is 0 Å². The van der Waals surface area contributed by atoms with Crippen LogP contribution in [0.25, 0.3) is 0 Å². The van der Waals surface area contributed by atoms with Crippen LogP contribution in [0.15, 0.2) is 60.8 Å². The largest absolute Gasteiger partial charge is 0.495 e. The fourth-order valence-corrected chi connectivity index (χ4v) is 2.75. The molecule has 0 saturated heterocycles. The van der Waals surface area contributed by atoms with Crippen LogP contribution in [-0.2, 0) is 0 Å². The van der Waals surface area contributed by atoms with Gasteiger partial charge < -0.3 is 15.4 Å². The Balaban J connectivity index is 1.71. The summed E-state index contributed by atoms with van der Waals surface area (Å²) in [6.45, 7) is 4.00. The van der Waals surface area contributed by atoms with Gasteiger partial charge in [-0.05, 0) is 61.4 Å². The maximum absolute atomic E-state index is 12.4. The van der Waals surface area contributed by atoms with Crippen LogP contribution in [0.4, 0.5) is 17.1 Å². The lowest BCUT2D eigenvalue weighted by molar-refractivity contribution is 0.102. The lowest BCUT2D eigenvalue weighted by atomic mass is 10.1. The van der Waals surface area contributed by atoms with Gasteiger partial charge in [-0.2, -0.15) is 0 Å². The number of para-hydroxylation sites is 2. The standard InChI is InChI=1S/C21H21N3O2/c1-14-10-15(2)12-17(11-14)24-21(25)19-9-8-16(13-22-19)23-18-6-4-5-7-20(18)26-3/h4-13,23H,1-3H3,(H,24,25). The predicted molar refractivity (Wildman–Crippen MR) is 104 cm³/mol. The van der Waals surface area contributed by atoms with E-state index in [9.17, 15) is 4.79 Å². The smallest absolute Gasteiger partial charge is 0.274 e. The Labute approximate surface area is 153 Å². The molecular weight excluding hydrogens is 326 g/mol. The van der Waals surface area contributed by atoms with Crippen LogP contribution in [0.5, 0.6) is 5.75 Å². The lowest BCUT2D eigenvalue weighted by Crippen LogP contribution is -2.13. The second-order valence-corrected chi connectivity index (χ2v) is 6.09. The topological polar surface area (TPSA) is 63.2 Å². The molecule has 0 atom stereocenters. The van der Waals surface area contributed by atoms with E-state index in [0.29, 0.717) is 5.69 Å². The van der Waals surface area contributed by atoms with Gasteiger partial charge in [-0.15, -0.1) is 0 Å². The molecule has 0 fully saturated rings. The Hall–Kier alpha value is -3.34. The summed E-state index contributed by atoms with van der Waals surface area (Å²) in [5.41, 5.74) is 4.94. The van der Waals surface area contributed by atoms with Crippen LogP contribution in [0, 0.1) is 13.8 Å². The van der Waals surface area contributed by atoms with Crippen LogP contribution < -0.4 is 15.4 Å². The number of anilines is 3. The first-order valence-corrected chi connectivity index (χ1v) is 8.31. The second-order valence-electron chi connectivity index (χ2n) is 6.09. The molecule has 0 spiro atoms. The minimum absolute atomic E-state index is 0.237. The van der Waals surface area contributed by atoms with Gasteiger partial charge in [0.25, 0.3) is 5.91 Å². The number of aryl methyl sites for hydroxylation is 2. The summed E-state index contributed by atoms with van der Waals surface area (Å²) in [5, 5.41) is 6.12. The normalized spacial score (nSPS) is 10.3. The van der Waals surface area contributed by atoms with E-state index >= 15 is 0 Å². The Morgan fingerprint density at radius 2 is 1.69 bits per heavy atom. The Kier molecular flexibility index (Phi) is 5.17. The van der Waals surface area contributed by atoms with Gasteiger partial charge in [-0.3, -0.25) is 4.79 Å². The fourth-order valence-electron chi connectivity index (χ4n) is 2.75. The van der Waals surface area contributed by atoms with E-state index in [0.717, 1.165) is 33.9 Å². The van der Waals surface area contributed by atoms with Crippen LogP contribution in [-0.4, -0.2) is 18.0 Å². The highest BCUT2D eigenvalue weighted by Crippen LogP contribution is 2.26. The minimum atomic E-state index is -0.237. The zero-order valence-electron chi connectivity index (χ0n) is 15.0. The molecule has 1 heterocycles. The van der Waals surface area contributed by atoms with Crippen molar-refractivity contribution < 1.29 is 9.53 Å². The van der Waals surface area contributed by atoms with E-state index < -0.39 is 0 Å². The van der Waals surface area contributed by atoms with E-state index in [1.165, 1.54) is 0 Å². The molecule has 0 saturated carbocycles. The number of methoxy groups -OCH3 is 1. The third kappa shape index (κ3) is 4.19. The molecule has 132 valence electrons. The number of nitrogens with one attached hydrogen (secondary N) is 2. The SMILES string of the molecule is COc1ccccc1Nc1ccc(C(=O)Nc2cc(C)cc(C)c2)nc1. The third-order valence-corrected chi connectivity index (χ3v) is 3.86. The van der Waals surface area contributed by atoms with Crippen molar-refractivity contribution in [3.8, 4) is 5.75 Å². The molecule has 26 heavy (non-hydrogen) atoms. The molecule has 1 amide bonds. The van der Waals surface area contributed by atoms with E-state index in [1.54, 1.807) is 19.4 Å². The molecule has 5 heteroatoms. The highest BCUT2D eigenvalue weighted by atomic mass is 16.5. The molecule has 2 aromatic carbocycles. The average molecular weight is 347 g/mol. The van der Waals surface area contributed by atoms with Gasteiger partial charge in [0.1, 0.15) is 11.4 Å². The summed E-state index contributed by atoms with van der Waals surface area (Å²) in [4.78, 5) is 16.6. The van der Waals surface area contributed by atoms with E-state index in [-0.39, 0.29) is 5.91 Å². The first-order valence-electron chi connectivity index (χ1n) is 8.31. The summed E-state index contributed by atoms with van der Waals surface area (Å²) < 4.78 is 5.32. The van der Waals surface area contributed by atoms with Crippen molar-refractivity contribution in [3.63, 3.8) is 0 Å². The zero-order chi connectivity index (χ0) is 18.5. The van der Waals surface area contributed by atoms with E-state index in [2.05, 4.69) is 21.7 Å². The van der Waals surface area contributed by atoms with Crippen molar-refractivity contribution in [1.29, 1.82) is 0 Å². The number of nitrogens with zero attached hydrogens (tertiary/aromatic N) is 1. The molecule has 3 rings (SSSR count). The summed E-state index contributed by atoms with van der Waals surface area (Å²) in [6.07, 6.45) is 1.63. The predicted octanol–water partition coefficient (Wildman–Crippen LogP) is 4.70. The van der Waals surface area contributed by atoms with Crippen LogP contribution in [0.2, 0.25) is 0 Å². The first kappa shape index (κ1) is 17.5. The molecular formula is C21H21N3O2. The molecule has 0 aliphatic rings. The highest BCUT2D eigenvalue weighted by Gasteiger charge is 2.09. The van der Waals surface area contributed by atoms with Gasteiger partial charge in [-0.25, -0.2) is 4.98 Å². The van der Waals surface area contributed by atoms with Crippen LogP contribution >= 0.6 is 0 Å². The van der Waals surface area contributed by atoms with Gasteiger partial charge in [0.2, 0.25) is 0 Å². The maximum atomic E-state index is 12.4. The number of aromatic nitrogens is 1. The maximum Gasteiger partial charge on any atom is 0.274 e. The first-order chi connectivity index (χ1) is 12.5. The van der Waals surface area contributed by atoms with Gasteiger partial charge in [0.05, 0.1) is 24.7 Å². The quantitative estimate of drug-likeness (QED) is 0.702. The number of rotatable bonds is 5. The van der Waals surface area contributed by atoms with Crippen LogP contribution in [0.1, 0.15) is 21.6 Å². The molecule has 0 bridgehead atoms. The molecule has 0 unspecified atom stereocenters. The number of pyridine rings is 1. The number of amides is 1. The lowest BCUT2D eigenvalue weighted by Gasteiger charge is -2.11. The van der Waals surface area contributed by atoms with E-state index in [4.69, 9.17) is 4.74 Å². The summed E-state index contributed by atoms with van der Waals surface area (Å²) in [6, 6.07) is 17.1. The van der Waals surface area contributed by atoms with Crippen molar-refractivity contribution in [2.24, 2.45) is 0 Å². The van der Waals surface area contributed by atoms with Crippen molar-refractivity contribution in [1.82, 2.24) is 4.98 Å². The molecule has 2 N–H and O–H groups in total. The average Bonchev–Trinajstić information content (AvgIpc) is 2.62. The molecule has 0 aliphatic carbocycles. The molecule has 1 aromatic heterocycles. The summed E-state index contributed by atoms with van der Waals surface area (Å²) >= 11 is 0. The zero-order valence-corrected chi connectivity index (χ0v) is 15.0. The monoisotopic (exact) mass is 347 g/mol. The Morgan fingerprint density at radius 3 is 2.35 bits per heavy atom. The fraction of sp³-hybridized carbons (Fsp3) is 0.143. The molecule has 5 nitrogen and oxygen atoms in total. The summed E-state index contributed by atoms with van der Waals surface area (Å²) in [5.74, 6) is 0.503. The van der Waals surface area contributed by atoms with Crippen molar-refractivity contribution >= 4 is 23.0 Å².